The Morgan fingerprint density at radius 3 is 2.44 bits per heavy atom. The van der Waals surface area contributed by atoms with Gasteiger partial charge in [0.25, 0.3) is 5.91 Å². The third kappa shape index (κ3) is 5.66. The molecular weight excluding hydrogens is 380 g/mol. The summed E-state index contributed by atoms with van der Waals surface area (Å²) < 4.78 is 24.6. The molecule has 0 aromatic heterocycles. The molecule has 0 aliphatic rings. The lowest BCUT2D eigenvalue weighted by Gasteiger charge is -2.19. The number of rotatable bonds is 7. The van der Waals surface area contributed by atoms with Crippen LogP contribution in [0.1, 0.15) is 10.4 Å². The van der Waals surface area contributed by atoms with Crippen molar-refractivity contribution < 1.29 is 13.2 Å². The van der Waals surface area contributed by atoms with Crippen molar-refractivity contribution in [2.24, 2.45) is 0 Å². The fourth-order valence-corrected chi connectivity index (χ4v) is 3.49. The number of anilines is 1. The molecule has 25 heavy (non-hydrogen) atoms. The van der Waals surface area contributed by atoms with E-state index >= 15 is 0 Å². The summed E-state index contributed by atoms with van der Waals surface area (Å²) in [7, 11) is -2.01. The van der Waals surface area contributed by atoms with Gasteiger partial charge in [0.05, 0.1) is 17.5 Å². The van der Waals surface area contributed by atoms with Crippen LogP contribution in [0.25, 0.3) is 0 Å². The summed E-state index contributed by atoms with van der Waals surface area (Å²) >= 11 is 7.44. The van der Waals surface area contributed by atoms with Crippen molar-refractivity contribution in [2.75, 3.05) is 29.9 Å². The molecule has 0 unspecified atom stereocenters. The predicted octanol–water partition coefficient (Wildman–Crippen LogP) is 3.26. The Morgan fingerprint density at radius 2 is 1.80 bits per heavy atom. The number of para-hydroxylation sites is 1. The van der Waals surface area contributed by atoms with Gasteiger partial charge in [0.15, 0.2) is 0 Å². The zero-order chi connectivity index (χ0) is 18.4. The predicted molar refractivity (Wildman–Crippen MR) is 104 cm³/mol. The second-order valence-electron chi connectivity index (χ2n) is 5.31. The molecule has 1 N–H and O–H groups in total. The maximum Gasteiger partial charge on any atom is 0.253 e. The van der Waals surface area contributed by atoms with E-state index in [2.05, 4.69) is 5.32 Å². The quantitative estimate of drug-likeness (QED) is 0.574. The van der Waals surface area contributed by atoms with Gasteiger partial charge in [-0.2, -0.15) is 0 Å². The molecule has 134 valence electrons. The summed E-state index contributed by atoms with van der Waals surface area (Å²) in [4.78, 5) is 13.5. The number of hydrogen-bond acceptors (Lipinski definition) is 4. The molecule has 0 heterocycles. The van der Waals surface area contributed by atoms with Crippen LogP contribution in [0.5, 0.6) is 0 Å². The highest BCUT2D eigenvalue weighted by Crippen LogP contribution is 2.22. The highest BCUT2D eigenvalue weighted by molar-refractivity contribution is 7.99. The van der Waals surface area contributed by atoms with Crippen LogP contribution in [-0.4, -0.2) is 39.9 Å². The molecule has 0 aliphatic heterocycles. The minimum Gasteiger partial charge on any atom is -0.351 e. The number of thioether (sulfide) groups is 1. The van der Waals surface area contributed by atoms with E-state index in [-0.39, 0.29) is 5.91 Å². The smallest absolute Gasteiger partial charge is 0.253 e. The first-order valence-corrected chi connectivity index (χ1v) is 10.7. The number of nitrogens with zero attached hydrogens (tertiary/aromatic N) is 1. The van der Waals surface area contributed by atoms with E-state index in [1.165, 1.54) is 7.05 Å². The molecule has 0 atom stereocenters. The Morgan fingerprint density at radius 1 is 1.16 bits per heavy atom. The summed E-state index contributed by atoms with van der Waals surface area (Å²) in [6.45, 7) is 0.461. The first-order valence-electron chi connectivity index (χ1n) is 7.48. The summed E-state index contributed by atoms with van der Waals surface area (Å²) in [6.07, 6.45) is 1.10. The van der Waals surface area contributed by atoms with E-state index in [0.717, 1.165) is 15.5 Å². The van der Waals surface area contributed by atoms with Crippen LogP contribution < -0.4 is 9.62 Å². The molecule has 0 aliphatic carbocycles. The lowest BCUT2D eigenvalue weighted by atomic mass is 10.1. The average Bonchev–Trinajstić information content (AvgIpc) is 2.58. The minimum absolute atomic E-state index is 0.303. The van der Waals surface area contributed by atoms with E-state index in [0.29, 0.717) is 28.6 Å². The Kier molecular flexibility index (Phi) is 6.75. The fraction of sp³-hybridized carbons (Fsp3) is 0.235. The Bertz CT molecular complexity index is 839. The van der Waals surface area contributed by atoms with E-state index in [4.69, 9.17) is 11.6 Å². The topological polar surface area (TPSA) is 66.5 Å². The molecule has 0 fully saturated rings. The second-order valence-corrected chi connectivity index (χ2v) is 8.92. The van der Waals surface area contributed by atoms with Gasteiger partial charge in [0.2, 0.25) is 10.0 Å². The number of nitrogens with one attached hydrogen (secondary N) is 1. The first-order chi connectivity index (χ1) is 11.8. The van der Waals surface area contributed by atoms with Crippen molar-refractivity contribution in [1.82, 2.24) is 5.32 Å². The third-order valence-corrected chi connectivity index (χ3v) is 5.91. The van der Waals surface area contributed by atoms with Crippen LogP contribution in [0.15, 0.2) is 53.4 Å². The second kappa shape index (κ2) is 8.60. The molecule has 2 aromatic carbocycles. The average molecular weight is 399 g/mol. The number of halogens is 1. The summed E-state index contributed by atoms with van der Waals surface area (Å²) in [6, 6.07) is 14.1. The number of carbonyl (C=O) groups is 1. The van der Waals surface area contributed by atoms with Crippen LogP contribution in [-0.2, 0) is 10.0 Å². The van der Waals surface area contributed by atoms with Gasteiger partial charge in [0, 0.05) is 29.3 Å². The highest BCUT2D eigenvalue weighted by Gasteiger charge is 2.19. The van der Waals surface area contributed by atoms with Gasteiger partial charge in [-0.25, -0.2) is 8.42 Å². The van der Waals surface area contributed by atoms with Gasteiger partial charge in [-0.3, -0.25) is 9.10 Å². The van der Waals surface area contributed by atoms with E-state index in [1.54, 1.807) is 36.0 Å². The molecule has 1 amide bonds. The Labute approximate surface area is 157 Å². The van der Waals surface area contributed by atoms with Crippen LogP contribution in [0.2, 0.25) is 5.02 Å². The number of amides is 1. The number of carbonyl (C=O) groups excluding carboxylic acids is 1. The number of sulfonamides is 1. The maximum atomic E-state index is 12.4. The summed E-state index contributed by atoms with van der Waals surface area (Å²) in [5.41, 5.74) is 0.680. The SMILES string of the molecule is CN(c1ccccc1C(=O)NCCSc1ccc(Cl)cc1)S(C)(=O)=O. The molecule has 8 heteroatoms. The van der Waals surface area contributed by atoms with Crippen molar-refractivity contribution in [1.29, 1.82) is 0 Å². The zero-order valence-electron chi connectivity index (χ0n) is 13.9. The molecule has 2 rings (SSSR count). The lowest BCUT2D eigenvalue weighted by molar-refractivity contribution is 0.0957. The minimum atomic E-state index is -3.44. The van der Waals surface area contributed by atoms with Crippen molar-refractivity contribution in [2.45, 2.75) is 4.90 Å². The van der Waals surface area contributed by atoms with Gasteiger partial charge in [-0.1, -0.05) is 23.7 Å². The Hall–Kier alpha value is -1.70. The van der Waals surface area contributed by atoms with Crippen LogP contribution in [0.4, 0.5) is 5.69 Å². The third-order valence-electron chi connectivity index (χ3n) is 3.46. The lowest BCUT2D eigenvalue weighted by Crippen LogP contribution is -2.30. The van der Waals surface area contributed by atoms with E-state index < -0.39 is 10.0 Å². The van der Waals surface area contributed by atoms with Crippen LogP contribution in [0, 0.1) is 0 Å². The molecule has 0 saturated heterocycles. The van der Waals surface area contributed by atoms with Gasteiger partial charge in [-0.05, 0) is 36.4 Å². The largest absolute Gasteiger partial charge is 0.351 e. The standard InChI is InChI=1S/C17H19ClN2O3S2/c1-20(25(2,22)23)16-6-4-3-5-15(16)17(21)19-11-12-24-14-9-7-13(18)8-10-14/h3-10H,11-12H2,1-2H3,(H,19,21). The Balaban J connectivity index is 1.96. The molecule has 0 bridgehead atoms. The van der Waals surface area contributed by atoms with Crippen molar-refractivity contribution in [3.05, 3.63) is 59.1 Å². The van der Waals surface area contributed by atoms with Crippen LogP contribution in [0.3, 0.4) is 0 Å². The number of hydrogen-bond donors (Lipinski definition) is 1. The highest BCUT2D eigenvalue weighted by atomic mass is 35.5. The summed E-state index contributed by atoms with van der Waals surface area (Å²) in [5, 5.41) is 3.50. The molecule has 2 aromatic rings. The molecule has 0 spiro atoms. The van der Waals surface area contributed by atoms with Gasteiger partial charge < -0.3 is 5.32 Å². The molecular formula is C17H19ClN2O3S2. The zero-order valence-corrected chi connectivity index (χ0v) is 16.3. The molecule has 0 saturated carbocycles. The molecule has 5 nitrogen and oxygen atoms in total. The van der Waals surface area contributed by atoms with Crippen molar-refractivity contribution in [3.8, 4) is 0 Å². The van der Waals surface area contributed by atoms with Crippen molar-refractivity contribution in [3.63, 3.8) is 0 Å². The normalized spacial score (nSPS) is 11.2. The van der Waals surface area contributed by atoms with Crippen molar-refractivity contribution >= 4 is 45.0 Å². The monoisotopic (exact) mass is 398 g/mol. The number of benzene rings is 2. The molecule has 0 radical (unpaired) electrons. The first kappa shape index (κ1) is 19.6. The fourth-order valence-electron chi connectivity index (χ4n) is 2.08. The van der Waals surface area contributed by atoms with Gasteiger partial charge in [-0.15, -0.1) is 11.8 Å². The van der Waals surface area contributed by atoms with Gasteiger partial charge >= 0.3 is 0 Å². The van der Waals surface area contributed by atoms with E-state index in [9.17, 15) is 13.2 Å². The van der Waals surface area contributed by atoms with E-state index in [1.807, 2.05) is 24.3 Å². The van der Waals surface area contributed by atoms with Crippen LogP contribution >= 0.6 is 23.4 Å². The maximum absolute atomic E-state index is 12.4. The van der Waals surface area contributed by atoms with Gasteiger partial charge in [0.1, 0.15) is 0 Å². The summed E-state index contributed by atoms with van der Waals surface area (Å²) in [5.74, 6) is 0.389.